The normalized spacial score (nSPS) is 11.4. The number of hydrogen-bond acceptors (Lipinski definition) is 3. The van der Waals surface area contributed by atoms with Gasteiger partial charge >= 0.3 is 6.18 Å². The molecule has 0 spiro atoms. The van der Waals surface area contributed by atoms with Gasteiger partial charge in [-0.25, -0.2) is 18.7 Å². The molecule has 0 unspecified atom stereocenters. The third-order valence-electron chi connectivity index (χ3n) is 3.67. The van der Waals surface area contributed by atoms with Gasteiger partial charge < -0.3 is 0 Å². The van der Waals surface area contributed by atoms with Gasteiger partial charge in [0, 0.05) is 28.5 Å². The van der Waals surface area contributed by atoms with Gasteiger partial charge in [0.1, 0.15) is 17.2 Å². The third kappa shape index (κ3) is 4.09. The molecule has 1 aromatic heterocycles. The van der Waals surface area contributed by atoms with E-state index in [1.165, 1.54) is 0 Å². The molecule has 0 saturated heterocycles. The van der Waals surface area contributed by atoms with E-state index in [1.807, 2.05) is 0 Å². The molecule has 0 aliphatic heterocycles. The van der Waals surface area contributed by atoms with Gasteiger partial charge in [-0.1, -0.05) is 17.7 Å². The Morgan fingerprint density at radius 1 is 1.00 bits per heavy atom. The van der Waals surface area contributed by atoms with Gasteiger partial charge in [-0.3, -0.25) is 10.1 Å². The van der Waals surface area contributed by atoms with Crippen molar-refractivity contribution in [2.45, 2.75) is 6.18 Å². The van der Waals surface area contributed by atoms with Gasteiger partial charge in [0.25, 0.3) is 5.91 Å². The molecule has 28 heavy (non-hydrogen) atoms. The van der Waals surface area contributed by atoms with Crippen LogP contribution in [0.15, 0.2) is 48.8 Å². The highest BCUT2D eigenvalue weighted by Crippen LogP contribution is 2.35. The lowest BCUT2D eigenvalue weighted by Crippen LogP contribution is -2.17. The van der Waals surface area contributed by atoms with E-state index in [1.54, 1.807) is 0 Å². The molecular formula is C18H9ClF5N3O. The number of anilines is 1. The fourth-order valence-corrected chi connectivity index (χ4v) is 2.56. The number of carbonyl (C=O) groups is 1. The second-order valence-electron chi connectivity index (χ2n) is 5.54. The minimum atomic E-state index is -4.56. The number of hydrogen-bond donors (Lipinski definition) is 1. The molecule has 3 rings (SSSR count). The zero-order valence-electron chi connectivity index (χ0n) is 13.7. The van der Waals surface area contributed by atoms with Crippen LogP contribution in [0.3, 0.4) is 0 Å². The van der Waals surface area contributed by atoms with Crippen LogP contribution >= 0.6 is 11.6 Å². The van der Waals surface area contributed by atoms with Crippen LogP contribution in [0.2, 0.25) is 5.02 Å². The molecular weight excluding hydrogens is 405 g/mol. The van der Waals surface area contributed by atoms with Crippen LogP contribution in [0.4, 0.5) is 27.9 Å². The second-order valence-corrected chi connectivity index (χ2v) is 5.95. The number of benzene rings is 2. The first kappa shape index (κ1) is 19.7. The average Bonchev–Trinajstić information content (AvgIpc) is 2.62. The smallest absolute Gasteiger partial charge is 0.290 e. The maximum Gasteiger partial charge on any atom is 0.416 e. The summed E-state index contributed by atoms with van der Waals surface area (Å²) in [4.78, 5) is 19.6. The van der Waals surface area contributed by atoms with E-state index in [4.69, 9.17) is 11.6 Å². The molecule has 3 aromatic rings. The van der Waals surface area contributed by atoms with Crippen LogP contribution < -0.4 is 5.32 Å². The van der Waals surface area contributed by atoms with Gasteiger partial charge in [0.05, 0.1) is 5.56 Å². The summed E-state index contributed by atoms with van der Waals surface area (Å²) < 4.78 is 65.8. The lowest BCUT2D eigenvalue weighted by molar-refractivity contribution is -0.137. The minimum Gasteiger partial charge on any atom is -0.290 e. The van der Waals surface area contributed by atoms with Gasteiger partial charge in [-0.15, -0.1) is 0 Å². The summed E-state index contributed by atoms with van der Waals surface area (Å²) in [6, 6.07) is 5.70. The molecule has 1 N–H and O–H groups in total. The molecule has 144 valence electrons. The maximum absolute atomic E-state index is 13.6. The summed E-state index contributed by atoms with van der Waals surface area (Å²) >= 11 is 5.94. The van der Waals surface area contributed by atoms with Crippen LogP contribution in [-0.2, 0) is 6.18 Å². The predicted octanol–water partition coefficient (Wildman–Crippen LogP) is 5.35. The molecule has 10 heteroatoms. The number of nitrogens with one attached hydrogen (secondary N) is 1. The van der Waals surface area contributed by atoms with Crippen molar-refractivity contribution >= 4 is 23.5 Å². The van der Waals surface area contributed by atoms with Crippen molar-refractivity contribution in [1.29, 1.82) is 0 Å². The van der Waals surface area contributed by atoms with Gasteiger partial charge in [-0.05, 0) is 30.3 Å². The lowest BCUT2D eigenvalue weighted by atomic mass is 10.1. The van der Waals surface area contributed by atoms with Crippen LogP contribution in [0, 0.1) is 11.6 Å². The van der Waals surface area contributed by atoms with Gasteiger partial charge in [0.2, 0.25) is 5.95 Å². The third-order valence-corrected chi connectivity index (χ3v) is 4.00. The summed E-state index contributed by atoms with van der Waals surface area (Å²) in [6.07, 6.45) is -2.30. The number of amides is 1. The number of alkyl halides is 3. The highest BCUT2D eigenvalue weighted by molar-refractivity contribution is 6.33. The summed E-state index contributed by atoms with van der Waals surface area (Å²) in [5.74, 6) is -3.53. The molecule has 0 aliphatic rings. The molecule has 4 nitrogen and oxygen atoms in total. The number of carbonyl (C=O) groups excluding carboxylic acids is 1. The monoisotopic (exact) mass is 413 g/mol. The van der Waals surface area contributed by atoms with Crippen LogP contribution in [-0.4, -0.2) is 15.9 Å². The Morgan fingerprint density at radius 3 is 2.18 bits per heavy atom. The standard InChI is InChI=1S/C18H9ClF5N3O/c19-12-5-4-10(18(22,23)24)6-11(12)9-7-25-17(26-8-9)27-16(28)15-13(20)2-1-3-14(15)21/h1-8H,(H,25,26,27,28). The predicted molar refractivity (Wildman–Crippen MR) is 91.8 cm³/mol. The van der Waals surface area contributed by atoms with E-state index < -0.39 is 34.8 Å². The zero-order valence-corrected chi connectivity index (χ0v) is 14.4. The van der Waals surface area contributed by atoms with Crippen molar-refractivity contribution in [3.8, 4) is 11.1 Å². The van der Waals surface area contributed by atoms with Gasteiger partial charge in [-0.2, -0.15) is 13.2 Å². The van der Waals surface area contributed by atoms with Crippen molar-refractivity contribution < 1.29 is 26.7 Å². The van der Waals surface area contributed by atoms with E-state index >= 15 is 0 Å². The van der Waals surface area contributed by atoms with Crippen molar-refractivity contribution in [1.82, 2.24) is 9.97 Å². The largest absolute Gasteiger partial charge is 0.416 e. The van der Waals surface area contributed by atoms with Crippen molar-refractivity contribution in [2.75, 3.05) is 5.32 Å². The Balaban J connectivity index is 1.86. The summed E-state index contributed by atoms with van der Waals surface area (Å²) in [7, 11) is 0. The van der Waals surface area contributed by atoms with Crippen molar-refractivity contribution in [3.63, 3.8) is 0 Å². The lowest BCUT2D eigenvalue weighted by Gasteiger charge is -2.11. The highest BCUT2D eigenvalue weighted by Gasteiger charge is 2.31. The first-order chi connectivity index (χ1) is 13.2. The molecule has 0 fully saturated rings. The number of halogens is 6. The van der Waals surface area contributed by atoms with E-state index in [-0.39, 0.29) is 22.1 Å². The average molecular weight is 414 g/mol. The zero-order chi connectivity index (χ0) is 20.5. The minimum absolute atomic E-state index is 0.0366. The number of nitrogens with zero attached hydrogens (tertiary/aromatic N) is 2. The van der Waals surface area contributed by atoms with Crippen LogP contribution in [0.25, 0.3) is 11.1 Å². The topological polar surface area (TPSA) is 54.9 Å². The highest BCUT2D eigenvalue weighted by atomic mass is 35.5. The maximum atomic E-state index is 13.6. The van der Waals surface area contributed by atoms with Crippen LogP contribution in [0.5, 0.6) is 0 Å². The molecule has 2 aromatic carbocycles. The molecule has 1 amide bonds. The van der Waals surface area contributed by atoms with E-state index in [2.05, 4.69) is 15.3 Å². The first-order valence-electron chi connectivity index (χ1n) is 7.61. The van der Waals surface area contributed by atoms with E-state index in [0.717, 1.165) is 48.8 Å². The fourth-order valence-electron chi connectivity index (χ4n) is 2.33. The molecule has 0 atom stereocenters. The summed E-state index contributed by atoms with van der Waals surface area (Å²) in [5.41, 5.74) is -1.52. The number of aromatic nitrogens is 2. The quantitative estimate of drug-likeness (QED) is 0.589. The Kier molecular flexibility index (Phi) is 5.28. The van der Waals surface area contributed by atoms with Crippen molar-refractivity contribution in [2.24, 2.45) is 0 Å². The summed E-state index contributed by atoms with van der Waals surface area (Å²) in [6.45, 7) is 0. The summed E-state index contributed by atoms with van der Waals surface area (Å²) in [5, 5.41) is 2.16. The molecule has 0 bridgehead atoms. The number of rotatable bonds is 3. The Labute approximate surface area is 160 Å². The molecule has 0 radical (unpaired) electrons. The molecule has 0 aliphatic carbocycles. The molecule has 0 saturated carbocycles. The first-order valence-corrected chi connectivity index (χ1v) is 7.99. The Bertz CT molecular complexity index is 1020. The molecule has 1 heterocycles. The Morgan fingerprint density at radius 2 is 1.61 bits per heavy atom. The van der Waals surface area contributed by atoms with Crippen LogP contribution in [0.1, 0.15) is 15.9 Å². The van der Waals surface area contributed by atoms with E-state index in [9.17, 15) is 26.7 Å². The van der Waals surface area contributed by atoms with Gasteiger partial charge in [0.15, 0.2) is 0 Å². The second kappa shape index (κ2) is 7.51. The van der Waals surface area contributed by atoms with Crippen molar-refractivity contribution in [3.05, 3.63) is 76.6 Å². The Hall–Kier alpha value is -3.07. The fraction of sp³-hybridized carbons (Fsp3) is 0.0556. The van der Waals surface area contributed by atoms with E-state index in [0.29, 0.717) is 0 Å². The SMILES string of the molecule is O=C(Nc1ncc(-c2cc(C(F)(F)F)ccc2Cl)cn1)c1c(F)cccc1F.